The number of methoxy groups -OCH3 is 4. The number of benzene rings is 4. The molecule has 18 nitrogen and oxygen atoms in total. The monoisotopic (exact) mass is 1110 g/mol. The van der Waals surface area contributed by atoms with Crippen LogP contribution >= 0.6 is 0 Å². The van der Waals surface area contributed by atoms with Crippen LogP contribution in [0.5, 0.6) is 0 Å². The molecule has 23 heteroatoms. The molecule has 1 unspecified atom stereocenters. The van der Waals surface area contributed by atoms with Crippen LogP contribution in [0.15, 0.2) is 60.7 Å². The highest BCUT2D eigenvalue weighted by atomic mass is 19.1. The van der Waals surface area contributed by atoms with E-state index >= 15 is 17.6 Å². The number of nitrogens with zero attached hydrogens (tertiary/aromatic N) is 6. The molecule has 6 aromatic rings. The second-order valence-corrected chi connectivity index (χ2v) is 21.1. The Morgan fingerprint density at radius 1 is 0.575 bits per heavy atom. The van der Waals surface area contributed by atoms with E-state index in [1.807, 2.05) is 0 Å². The van der Waals surface area contributed by atoms with Crippen molar-refractivity contribution in [1.29, 1.82) is 0 Å². The third-order valence-corrected chi connectivity index (χ3v) is 16.6. The normalized spacial score (nSPS) is 21.3. The van der Waals surface area contributed by atoms with Crippen molar-refractivity contribution in [2.45, 2.75) is 120 Å². The molecule has 0 bridgehead atoms. The van der Waals surface area contributed by atoms with E-state index in [1.54, 1.807) is 57.7 Å². The van der Waals surface area contributed by atoms with Gasteiger partial charge in [0.15, 0.2) is 11.6 Å². The number of anilines is 2. The van der Waals surface area contributed by atoms with Crippen molar-refractivity contribution in [2.24, 2.45) is 0 Å². The Morgan fingerprint density at radius 2 is 1.02 bits per heavy atom. The summed E-state index contributed by atoms with van der Waals surface area (Å²) >= 11 is 0. The maximum atomic E-state index is 17.0. The number of hydrogen-bond donors (Lipinski definition) is 4. The van der Waals surface area contributed by atoms with Crippen LogP contribution in [-0.4, -0.2) is 133 Å². The van der Waals surface area contributed by atoms with Gasteiger partial charge in [-0.3, -0.25) is 9.59 Å². The number of likely N-dealkylation sites (tertiary alicyclic amines) is 2. The number of amides is 4. The topological polar surface area (TPSA) is 200 Å². The minimum absolute atomic E-state index is 0.0491. The van der Waals surface area contributed by atoms with E-state index in [9.17, 15) is 23.6 Å². The largest absolute Gasteiger partial charge is 0.453 e. The van der Waals surface area contributed by atoms with Gasteiger partial charge in [0.2, 0.25) is 11.8 Å². The van der Waals surface area contributed by atoms with Crippen LogP contribution in [0.25, 0.3) is 22.1 Å². The van der Waals surface area contributed by atoms with Crippen LogP contribution in [0.1, 0.15) is 124 Å². The number of imidazole rings is 2. The number of piperidine rings is 1. The van der Waals surface area contributed by atoms with Crippen molar-refractivity contribution in [3.05, 3.63) is 118 Å². The smallest absolute Gasteiger partial charge is 0.407 e. The minimum atomic E-state index is -1.08. The average Bonchev–Trinajstić information content (AvgIpc) is 4.48. The van der Waals surface area contributed by atoms with Gasteiger partial charge in [0.05, 0.1) is 72.7 Å². The van der Waals surface area contributed by atoms with Gasteiger partial charge in [-0.2, -0.15) is 0 Å². The molecule has 0 saturated carbocycles. The molecular weight excluding hydrogens is 1050 g/mol. The highest BCUT2D eigenvalue weighted by molar-refractivity contribution is 5.88. The standard InChI is InChI=1S/C57H65F5N10O8/c1-29(77-3)49(67-56(75)79-5)54(73)70-19-7-9-47(70)52-63-41-25-35(37(59)27-43(41)65-52)45-15-16-46(72(45)34-23-39(61)51(40(62)24-34)69-21-17-32(18-22-69)31-11-13-33(58)14-12-31)36-26-42-44(28-38(36)60)66-53(64-42)48-10-8-20-71(48)55(74)50(30(2)78-4)68-57(76)80-6/h11-14,23-30,32,45-50H,7-10,15-22H2,1-6H3,(H,63,65)(H,64,66)(H,67,75)(H,68,76)/t29-,30-,45-,46?,47+,48+,49+,50+/m1/s1. The van der Waals surface area contributed by atoms with Gasteiger partial charge in [-0.05, 0) is 113 Å². The van der Waals surface area contributed by atoms with Gasteiger partial charge >= 0.3 is 12.2 Å². The van der Waals surface area contributed by atoms with Crippen molar-refractivity contribution in [2.75, 3.05) is 64.4 Å². The number of nitrogens with one attached hydrogen (secondary N) is 4. The van der Waals surface area contributed by atoms with Crippen LogP contribution in [0, 0.1) is 29.1 Å². The minimum Gasteiger partial charge on any atom is -0.453 e. The maximum absolute atomic E-state index is 17.0. The van der Waals surface area contributed by atoms with Gasteiger partial charge in [-0.1, -0.05) is 12.1 Å². The number of halogens is 5. The molecule has 8 atom stereocenters. The third-order valence-electron chi connectivity index (χ3n) is 16.6. The Labute approximate surface area is 458 Å². The SMILES string of the molecule is COC(=O)N[C@H](C(=O)N1CCC[C@H]1c1nc2cc(F)c(C3CC[C@H](c4cc5[nH]c([C@@H]6CCCN6C(=O)[C@@H](NC(=O)OC)[C@@H](C)OC)nc5cc4F)N3c3cc(F)c(N4CCC(c5ccc(F)cc5)CC4)c(F)c3)cc2[nH]1)[C@@H](C)OC. The molecule has 4 fully saturated rings. The van der Waals surface area contributed by atoms with Gasteiger partial charge in [0.25, 0.3) is 0 Å². The quantitative estimate of drug-likeness (QED) is 0.0712. The fourth-order valence-corrected chi connectivity index (χ4v) is 12.3. The summed E-state index contributed by atoms with van der Waals surface area (Å²) in [5.74, 6) is -3.41. The number of carbonyl (C=O) groups excluding carboxylic acids is 4. The molecule has 4 N–H and O–H groups in total. The van der Waals surface area contributed by atoms with E-state index in [1.165, 1.54) is 64.8 Å². The van der Waals surface area contributed by atoms with Crippen LogP contribution in [0.2, 0.25) is 0 Å². The van der Waals surface area contributed by atoms with Crippen molar-refractivity contribution in [3.63, 3.8) is 0 Å². The van der Waals surface area contributed by atoms with Crippen molar-refractivity contribution >= 4 is 57.4 Å². The zero-order valence-corrected chi connectivity index (χ0v) is 45.3. The van der Waals surface area contributed by atoms with E-state index in [-0.39, 0.29) is 58.1 Å². The molecule has 10 rings (SSSR count). The lowest BCUT2D eigenvalue weighted by Gasteiger charge is -2.36. The number of aromatic nitrogens is 4. The Hall–Kier alpha value is -7.53. The summed E-state index contributed by atoms with van der Waals surface area (Å²) in [5.41, 5.74) is 2.44. The molecule has 80 heavy (non-hydrogen) atoms. The molecule has 6 heterocycles. The summed E-state index contributed by atoms with van der Waals surface area (Å²) in [7, 11) is 5.23. The molecule has 0 aliphatic carbocycles. The zero-order valence-electron chi connectivity index (χ0n) is 45.3. The first-order valence-corrected chi connectivity index (χ1v) is 27.0. The first kappa shape index (κ1) is 55.8. The van der Waals surface area contributed by atoms with Gasteiger partial charge in [-0.15, -0.1) is 0 Å². The van der Waals surface area contributed by atoms with Crippen LogP contribution in [0.3, 0.4) is 0 Å². The van der Waals surface area contributed by atoms with Crippen molar-refractivity contribution < 1.29 is 60.1 Å². The Bertz CT molecular complexity index is 3100. The maximum Gasteiger partial charge on any atom is 0.407 e. The third kappa shape index (κ3) is 10.8. The number of fused-ring (bicyclic) bond motifs is 2. The van der Waals surface area contributed by atoms with Crippen molar-refractivity contribution in [1.82, 2.24) is 40.4 Å². The predicted octanol–water partition coefficient (Wildman–Crippen LogP) is 9.45. The molecule has 4 aliphatic rings. The molecule has 4 aliphatic heterocycles. The van der Waals surface area contributed by atoms with Crippen LogP contribution in [-0.2, 0) is 28.5 Å². The van der Waals surface area contributed by atoms with Gasteiger partial charge in [-0.25, -0.2) is 41.5 Å². The highest BCUT2D eigenvalue weighted by Crippen LogP contribution is 2.50. The number of H-pyrrole nitrogens is 2. The molecule has 4 amide bonds. The summed E-state index contributed by atoms with van der Waals surface area (Å²) in [5, 5.41) is 5.14. The number of hydrogen-bond acceptors (Lipinski definition) is 12. The fraction of sp³-hybridized carbons (Fsp3) is 0.474. The first-order valence-electron chi connectivity index (χ1n) is 27.0. The number of aromatic amines is 2. The highest BCUT2D eigenvalue weighted by Gasteiger charge is 2.43. The predicted molar refractivity (Wildman–Crippen MR) is 285 cm³/mol. The van der Waals surface area contributed by atoms with Crippen molar-refractivity contribution in [3.8, 4) is 0 Å². The van der Waals surface area contributed by atoms with E-state index in [0.717, 1.165) is 5.56 Å². The number of rotatable bonds is 15. The lowest BCUT2D eigenvalue weighted by atomic mass is 9.89. The number of ether oxygens (including phenoxy) is 4. The fourth-order valence-electron chi connectivity index (χ4n) is 12.3. The summed E-state index contributed by atoms with van der Waals surface area (Å²) in [6, 6.07) is 9.30. The first-order chi connectivity index (χ1) is 38.5. The summed E-state index contributed by atoms with van der Waals surface area (Å²) in [4.78, 5) is 75.3. The average molecular weight is 1110 g/mol. The Kier molecular flexibility index (Phi) is 16.2. The van der Waals surface area contributed by atoms with Gasteiger partial charge in [0.1, 0.15) is 46.9 Å². The zero-order chi connectivity index (χ0) is 56.7. The second kappa shape index (κ2) is 23.3. The van der Waals surface area contributed by atoms with Crippen LogP contribution < -0.4 is 20.4 Å². The summed E-state index contributed by atoms with van der Waals surface area (Å²) in [6.45, 7) is 4.64. The number of alkyl carbamates (subject to hydrolysis) is 2. The Morgan fingerprint density at radius 3 is 1.45 bits per heavy atom. The lowest BCUT2D eigenvalue weighted by Crippen LogP contribution is -2.54. The van der Waals surface area contributed by atoms with Gasteiger partial charge in [0, 0.05) is 69.3 Å². The lowest BCUT2D eigenvalue weighted by molar-refractivity contribution is -0.138. The molecule has 2 aromatic heterocycles. The molecule has 4 saturated heterocycles. The Balaban J connectivity index is 0.993. The van der Waals surface area contributed by atoms with E-state index in [0.29, 0.717) is 87.4 Å². The van der Waals surface area contributed by atoms with Gasteiger partial charge < -0.3 is 59.1 Å². The molecule has 426 valence electrons. The van der Waals surface area contributed by atoms with E-state index in [4.69, 9.17) is 28.9 Å². The van der Waals surface area contributed by atoms with Crippen LogP contribution in [0.4, 0.5) is 42.9 Å². The molecule has 0 spiro atoms. The van der Waals surface area contributed by atoms with E-state index in [2.05, 4.69) is 20.6 Å². The summed E-state index contributed by atoms with van der Waals surface area (Å²) in [6.07, 6.45) is 0.794. The molecule has 0 radical (unpaired) electrons. The molecule has 4 aromatic carbocycles. The van der Waals surface area contributed by atoms with E-state index < -0.39 is 95.7 Å². The second-order valence-electron chi connectivity index (χ2n) is 21.1. The number of carbonyl (C=O) groups is 4. The molecular formula is C57H65F5N10O8. The summed E-state index contributed by atoms with van der Waals surface area (Å²) < 4.78 is 102.